The standard InChI is InChI=1S/C14H13ClN4O2/c15-13-11(8-20)14(19-9-18-13)17-7-12(21)16-6-10-4-2-1-3-5-10/h1-5,8-9H,6-7H2,(H,16,21)(H,17,18,19). The van der Waals surface area contributed by atoms with Crippen LogP contribution in [0.5, 0.6) is 0 Å². The van der Waals surface area contributed by atoms with Crippen molar-refractivity contribution in [3.8, 4) is 0 Å². The van der Waals surface area contributed by atoms with Gasteiger partial charge in [-0.05, 0) is 5.56 Å². The maximum atomic E-state index is 11.7. The highest BCUT2D eigenvalue weighted by Gasteiger charge is 2.10. The van der Waals surface area contributed by atoms with Crippen molar-refractivity contribution in [1.82, 2.24) is 15.3 Å². The second-order valence-electron chi connectivity index (χ2n) is 4.16. The van der Waals surface area contributed by atoms with Crippen LogP contribution in [0.4, 0.5) is 5.82 Å². The summed E-state index contributed by atoms with van der Waals surface area (Å²) >= 11 is 5.76. The summed E-state index contributed by atoms with van der Waals surface area (Å²) in [7, 11) is 0. The maximum Gasteiger partial charge on any atom is 0.239 e. The van der Waals surface area contributed by atoms with Crippen LogP contribution in [0.15, 0.2) is 36.7 Å². The number of aldehydes is 1. The van der Waals surface area contributed by atoms with E-state index in [1.807, 2.05) is 30.3 Å². The first kappa shape index (κ1) is 14.9. The summed E-state index contributed by atoms with van der Waals surface area (Å²) in [5.41, 5.74) is 1.14. The highest BCUT2D eigenvalue weighted by Crippen LogP contribution is 2.16. The molecule has 2 rings (SSSR count). The van der Waals surface area contributed by atoms with Gasteiger partial charge in [0.1, 0.15) is 17.3 Å². The average molecular weight is 305 g/mol. The molecule has 0 unspecified atom stereocenters. The second-order valence-corrected chi connectivity index (χ2v) is 4.52. The molecule has 0 saturated carbocycles. The molecule has 108 valence electrons. The van der Waals surface area contributed by atoms with Crippen LogP contribution in [0.3, 0.4) is 0 Å². The van der Waals surface area contributed by atoms with Gasteiger partial charge in [0.05, 0.1) is 12.1 Å². The SMILES string of the molecule is O=Cc1c(Cl)ncnc1NCC(=O)NCc1ccccc1. The molecular formula is C14H13ClN4O2. The van der Waals surface area contributed by atoms with Gasteiger partial charge < -0.3 is 10.6 Å². The van der Waals surface area contributed by atoms with E-state index in [9.17, 15) is 9.59 Å². The Kier molecular flexibility index (Phi) is 5.22. The molecule has 0 aliphatic carbocycles. The Labute approximate surface area is 126 Å². The highest BCUT2D eigenvalue weighted by atomic mass is 35.5. The van der Waals surface area contributed by atoms with Crippen molar-refractivity contribution in [3.63, 3.8) is 0 Å². The molecule has 21 heavy (non-hydrogen) atoms. The number of benzene rings is 1. The van der Waals surface area contributed by atoms with E-state index < -0.39 is 0 Å². The quantitative estimate of drug-likeness (QED) is 0.626. The van der Waals surface area contributed by atoms with Crippen LogP contribution in [0.1, 0.15) is 15.9 Å². The number of halogens is 1. The minimum atomic E-state index is -0.217. The van der Waals surface area contributed by atoms with Crippen LogP contribution < -0.4 is 10.6 Å². The van der Waals surface area contributed by atoms with E-state index in [-0.39, 0.29) is 29.0 Å². The van der Waals surface area contributed by atoms with Crippen molar-refractivity contribution < 1.29 is 9.59 Å². The largest absolute Gasteiger partial charge is 0.360 e. The van der Waals surface area contributed by atoms with Crippen molar-refractivity contribution in [2.75, 3.05) is 11.9 Å². The molecule has 2 aromatic rings. The van der Waals surface area contributed by atoms with Crippen molar-refractivity contribution >= 4 is 29.6 Å². The number of carbonyl (C=O) groups is 2. The summed E-state index contributed by atoms with van der Waals surface area (Å²) in [4.78, 5) is 30.2. The predicted octanol–water partition coefficient (Wildman–Crippen LogP) is 1.67. The van der Waals surface area contributed by atoms with Crippen LogP contribution in [0.25, 0.3) is 0 Å². The smallest absolute Gasteiger partial charge is 0.239 e. The van der Waals surface area contributed by atoms with Gasteiger partial charge in [0, 0.05) is 6.54 Å². The van der Waals surface area contributed by atoms with Gasteiger partial charge in [0.15, 0.2) is 6.29 Å². The van der Waals surface area contributed by atoms with E-state index in [1.165, 1.54) is 6.33 Å². The Balaban J connectivity index is 1.87. The van der Waals surface area contributed by atoms with E-state index in [4.69, 9.17) is 11.6 Å². The van der Waals surface area contributed by atoms with Crippen molar-refractivity contribution in [2.45, 2.75) is 6.54 Å². The summed E-state index contributed by atoms with van der Waals surface area (Å²) in [6.07, 6.45) is 1.77. The van der Waals surface area contributed by atoms with Gasteiger partial charge in [-0.2, -0.15) is 0 Å². The Hall–Kier alpha value is -2.47. The van der Waals surface area contributed by atoms with Crippen LogP contribution >= 0.6 is 11.6 Å². The van der Waals surface area contributed by atoms with E-state index >= 15 is 0 Å². The molecular weight excluding hydrogens is 292 g/mol. The minimum absolute atomic E-state index is 0.0129. The van der Waals surface area contributed by atoms with E-state index in [0.29, 0.717) is 12.8 Å². The van der Waals surface area contributed by atoms with Gasteiger partial charge in [-0.15, -0.1) is 0 Å². The maximum absolute atomic E-state index is 11.7. The number of nitrogens with zero attached hydrogens (tertiary/aromatic N) is 2. The lowest BCUT2D eigenvalue weighted by Crippen LogP contribution is -2.29. The topological polar surface area (TPSA) is 84.0 Å². The van der Waals surface area contributed by atoms with Crippen LogP contribution in [-0.4, -0.2) is 28.7 Å². The molecule has 0 bridgehead atoms. The molecule has 1 aromatic carbocycles. The number of anilines is 1. The number of hydrogen-bond donors (Lipinski definition) is 2. The van der Waals surface area contributed by atoms with Crippen LogP contribution in [-0.2, 0) is 11.3 Å². The Bertz CT molecular complexity index is 634. The zero-order chi connectivity index (χ0) is 15.1. The molecule has 1 amide bonds. The average Bonchev–Trinajstić information content (AvgIpc) is 2.52. The van der Waals surface area contributed by atoms with Crippen LogP contribution in [0.2, 0.25) is 5.15 Å². The number of hydrogen-bond acceptors (Lipinski definition) is 5. The summed E-state index contributed by atoms with van der Waals surface area (Å²) in [6.45, 7) is 0.424. The number of amides is 1. The Morgan fingerprint density at radius 3 is 2.71 bits per heavy atom. The number of aromatic nitrogens is 2. The number of nitrogens with one attached hydrogen (secondary N) is 2. The third-order valence-corrected chi connectivity index (χ3v) is 3.00. The second kappa shape index (κ2) is 7.35. The summed E-state index contributed by atoms with van der Waals surface area (Å²) in [6, 6.07) is 9.55. The fourth-order valence-electron chi connectivity index (χ4n) is 1.64. The third kappa shape index (κ3) is 4.25. The molecule has 0 aliphatic rings. The van der Waals surface area contributed by atoms with Gasteiger partial charge >= 0.3 is 0 Å². The molecule has 0 aliphatic heterocycles. The molecule has 0 spiro atoms. The molecule has 0 atom stereocenters. The first-order chi connectivity index (χ1) is 10.2. The van der Waals surface area contributed by atoms with Crippen molar-refractivity contribution in [3.05, 3.63) is 52.9 Å². The Morgan fingerprint density at radius 2 is 2.00 bits per heavy atom. The minimum Gasteiger partial charge on any atom is -0.360 e. The first-order valence-corrected chi connectivity index (χ1v) is 6.58. The van der Waals surface area contributed by atoms with E-state index in [1.54, 1.807) is 0 Å². The van der Waals surface area contributed by atoms with Gasteiger partial charge in [-0.1, -0.05) is 41.9 Å². The summed E-state index contributed by atoms with van der Waals surface area (Å²) in [5.74, 6) is 0.0188. The van der Waals surface area contributed by atoms with Crippen LogP contribution in [0, 0.1) is 0 Å². The summed E-state index contributed by atoms with van der Waals surface area (Å²) in [5, 5.41) is 5.57. The Morgan fingerprint density at radius 1 is 1.24 bits per heavy atom. The molecule has 6 nitrogen and oxygen atoms in total. The van der Waals surface area contributed by atoms with Crippen molar-refractivity contribution in [1.29, 1.82) is 0 Å². The highest BCUT2D eigenvalue weighted by molar-refractivity contribution is 6.32. The fraction of sp³-hybridized carbons (Fsp3) is 0.143. The van der Waals surface area contributed by atoms with Gasteiger partial charge in [0.25, 0.3) is 0 Å². The molecule has 1 heterocycles. The first-order valence-electron chi connectivity index (χ1n) is 6.21. The normalized spacial score (nSPS) is 9.95. The number of carbonyl (C=O) groups excluding carboxylic acids is 2. The summed E-state index contributed by atoms with van der Waals surface area (Å²) < 4.78 is 0. The van der Waals surface area contributed by atoms with E-state index in [2.05, 4.69) is 20.6 Å². The molecule has 0 radical (unpaired) electrons. The molecule has 0 fully saturated rings. The molecule has 1 aromatic heterocycles. The molecule has 7 heteroatoms. The lowest BCUT2D eigenvalue weighted by atomic mass is 10.2. The van der Waals surface area contributed by atoms with Gasteiger partial charge in [-0.25, -0.2) is 9.97 Å². The fourth-order valence-corrected chi connectivity index (χ4v) is 1.82. The zero-order valence-electron chi connectivity index (χ0n) is 11.0. The van der Waals surface area contributed by atoms with Crippen molar-refractivity contribution in [2.24, 2.45) is 0 Å². The zero-order valence-corrected chi connectivity index (χ0v) is 11.8. The molecule has 2 N–H and O–H groups in total. The third-order valence-electron chi connectivity index (χ3n) is 2.70. The van der Waals surface area contributed by atoms with Gasteiger partial charge in [-0.3, -0.25) is 9.59 Å². The predicted molar refractivity (Wildman–Crippen MR) is 79.2 cm³/mol. The lowest BCUT2D eigenvalue weighted by molar-refractivity contribution is -0.119. The lowest BCUT2D eigenvalue weighted by Gasteiger charge is -2.09. The number of rotatable bonds is 6. The molecule has 0 saturated heterocycles. The monoisotopic (exact) mass is 304 g/mol. The van der Waals surface area contributed by atoms with E-state index in [0.717, 1.165) is 5.56 Å². The van der Waals surface area contributed by atoms with Gasteiger partial charge in [0.2, 0.25) is 5.91 Å².